The summed E-state index contributed by atoms with van der Waals surface area (Å²) in [5.41, 5.74) is 2.65. The predicted octanol–water partition coefficient (Wildman–Crippen LogP) is 3.57. The van der Waals surface area contributed by atoms with Gasteiger partial charge in [0.2, 0.25) is 0 Å². The molecule has 0 unspecified atom stereocenters. The van der Waals surface area contributed by atoms with Crippen LogP contribution < -0.4 is 4.74 Å². The minimum atomic E-state index is 0.454. The van der Waals surface area contributed by atoms with Crippen LogP contribution in [0.1, 0.15) is 16.1 Å². The zero-order valence-electron chi connectivity index (χ0n) is 11.2. The molecule has 1 heterocycles. The van der Waals surface area contributed by atoms with Gasteiger partial charge in [-0.25, -0.2) is 0 Å². The van der Waals surface area contributed by atoms with E-state index < -0.39 is 0 Å². The number of nitrogens with zero attached hydrogens (tertiary/aromatic N) is 1. The van der Waals surface area contributed by atoms with E-state index in [0.29, 0.717) is 18.1 Å². The number of rotatable bonds is 4. The Morgan fingerprint density at radius 1 is 1.05 bits per heavy atom. The molecule has 0 aliphatic heterocycles. The Morgan fingerprint density at radius 2 is 1.75 bits per heavy atom. The highest BCUT2D eigenvalue weighted by atomic mass is 16.5. The number of carbonyl (C=O) groups excluding carboxylic acids is 1. The van der Waals surface area contributed by atoms with Crippen LogP contribution in [-0.4, -0.2) is 10.9 Å². The Hall–Kier alpha value is -2.55. The second kappa shape index (κ2) is 5.21. The monoisotopic (exact) mass is 265 g/mol. The fourth-order valence-electron chi connectivity index (χ4n) is 2.39. The van der Waals surface area contributed by atoms with E-state index in [1.54, 1.807) is 0 Å². The molecule has 3 rings (SSSR count). The van der Waals surface area contributed by atoms with Crippen molar-refractivity contribution in [2.24, 2.45) is 7.05 Å². The smallest absolute Gasteiger partial charge is 0.170 e. The minimum Gasteiger partial charge on any atom is -0.486 e. The molecule has 0 radical (unpaired) electrons. The molecule has 0 bridgehead atoms. The van der Waals surface area contributed by atoms with E-state index in [1.165, 1.54) is 0 Å². The highest BCUT2D eigenvalue weighted by Gasteiger charge is 2.15. The Morgan fingerprint density at radius 3 is 2.50 bits per heavy atom. The molecule has 0 aliphatic rings. The SMILES string of the molecule is Cn1c(C=O)c(OCc2ccccc2)c2ccccc21. The van der Waals surface area contributed by atoms with Gasteiger partial charge in [-0.2, -0.15) is 0 Å². The molecular formula is C17H15NO2. The third-order valence-corrected chi connectivity index (χ3v) is 3.44. The van der Waals surface area contributed by atoms with Crippen molar-refractivity contribution in [3.05, 3.63) is 65.9 Å². The molecule has 0 spiro atoms. The molecule has 0 aliphatic carbocycles. The average Bonchev–Trinajstić information content (AvgIpc) is 2.78. The average molecular weight is 265 g/mol. The fourth-order valence-corrected chi connectivity index (χ4v) is 2.39. The third-order valence-electron chi connectivity index (χ3n) is 3.44. The van der Waals surface area contributed by atoms with Gasteiger partial charge < -0.3 is 9.30 Å². The standard InChI is InChI=1S/C17H15NO2/c1-18-15-10-6-5-9-14(15)17(16(18)11-19)20-12-13-7-3-2-4-8-13/h2-11H,12H2,1H3. The molecule has 100 valence electrons. The van der Waals surface area contributed by atoms with Crippen LogP contribution in [-0.2, 0) is 13.7 Å². The van der Waals surface area contributed by atoms with Crippen LogP contribution in [0.25, 0.3) is 10.9 Å². The largest absolute Gasteiger partial charge is 0.486 e. The van der Waals surface area contributed by atoms with Crippen molar-refractivity contribution in [1.29, 1.82) is 0 Å². The number of hydrogen-bond donors (Lipinski definition) is 0. The number of hydrogen-bond acceptors (Lipinski definition) is 2. The Balaban J connectivity index is 2.00. The van der Waals surface area contributed by atoms with Gasteiger partial charge in [0, 0.05) is 12.4 Å². The molecule has 0 saturated carbocycles. The quantitative estimate of drug-likeness (QED) is 0.675. The summed E-state index contributed by atoms with van der Waals surface area (Å²) in [5, 5.41) is 0.966. The number of aldehydes is 1. The van der Waals surface area contributed by atoms with Crippen LogP contribution in [0.15, 0.2) is 54.6 Å². The maximum atomic E-state index is 11.3. The van der Waals surface area contributed by atoms with E-state index in [1.807, 2.05) is 66.2 Å². The van der Waals surface area contributed by atoms with Crippen molar-refractivity contribution in [3.63, 3.8) is 0 Å². The van der Waals surface area contributed by atoms with Crippen LogP contribution in [0.5, 0.6) is 5.75 Å². The van der Waals surface area contributed by atoms with Gasteiger partial charge in [-0.3, -0.25) is 4.79 Å². The van der Waals surface area contributed by atoms with Crippen molar-refractivity contribution in [2.75, 3.05) is 0 Å². The van der Waals surface area contributed by atoms with Crippen molar-refractivity contribution < 1.29 is 9.53 Å². The first-order valence-electron chi connectivity index (χ1n) is 6.50. The van der Waals surface area contributed by atoms with Gasteiger partial charge in [0.1, 0.15) is 12.3 Å². The normalized spacial score (nSPS) is 10.7. The van der Waals surface area contributed by atoms with Crippen LogP contribution in [0, 0.1) is 0 Å². The number of para-hydroxylation sites is 1. The summed E-state index contributed by atoms with van der Waals surface area (Å²) in [6, 6.07) is 17.8. The third kappa shape index (κ3) is 2.07. The van der Waals surface area contributed by atoms with Crippen LogP contribution in [0.4, 0.5) is 0 Å². The number of carbonyl (C=O) groups is 1. The van der Waals surface area contributed by atoms with E-state index in [0.717, 1.165) is 22.8 Å². The summed E-state index contributed by atoms with van der Waals surface area (Å²) >= 11 is 0. The molecule has 0 amide bonds. The van der Waals surface area contributed by atoms with Crippen molar-refractivity contribution in [1.82, 2.24) is 4.57 Å². The van der Waals surface area contributed by atoms with Crippen molar-refractivity contribution in [2.45, 2.75) is 6.61 Å². The molecule has 3 nitrogen and oxygen atoms in total. The first kappa shape index (κ1) is 12.5. The first-order chi connectivity index (χ1) is 9.81. The molecule has 3 heteroatoms. The van der Waals surface area contributed by atoms with Gasteiger partial charge >= 0.3 is 0 Å². The zero-order chi connectivity index (χ0) is 13.9. The number of aromatic nitrogens is 1. The van der Waals surface area contributed by atoms with Crippen LogP contribution >= 0.6 is 0 Å². The minimum absolute atomic E-state index is 0.454. The van der Waals surface area contributed by atoms with E-state index in [-0.39, 0.29) is 0 Å². The van der Waals surface area contributed by atoms with Crippen LogP contribution in [0.3, 0.4) is 0 Å². The number of aryl methyl sites for hydroxylation is 1. The lowest BCUT2D eigenvalue weighted by Gasteiger charge is -2.06. The summed E-state index contributed by atoms with van der Waals surface area (Å²) in [6.45, 7) is 0.454. The molecule has 0 fully saturated rings. The topological polar surface area (TPSA) is 31.2 Å². The molecule has 0 N–H and O–H groups in total. The number of fused-ring (bicyclic) bond motifs is 1. The van der Waals surface area contributed by atoms with E-state index >= 15 is 0 Å². The second-order valence-corrected chi connectivity index (χ2v) is 4.68. The summed E-state index contributed by atoms with van der Waals surface area (Å²) in [7, 11) is 1.88. The lowest BCUT2D eigenvalue weighted by Crippen LogP contribution is -1.99. The molecule has 0 saturated heterocycles. The summed E-state index contributed by atoms with van der Waals surface area (Å²) in [4.78, 5) is 11.3. The molecule has 3 aromatic rings. The number of benzene rings is 2. The van der Waals surface area contributed by atoms with Gasteiger partial charge in [-0.1, -0.05) is 42.5 Å². The Kier molecular flexibility index (Phi) is 3.25. The number of ether oxygens (including phenoxy) is 1. The molecule has 20 heavy (non-hydrogen) atoms. The lowest BCUT2D eigenvalue weighted by atomic mass is 10.2. The van der Waals surface area contributed by atoms with Gasteiger partial charge in [-0.05, 0) is 17.7 Å². The van der Waals surface area contributed by atoms with E-state index in [2.05, 4.69) is 0 Å². The van der Waals surface area contributed by atoms with Crippen molar-refractivity contribution >= 4 is 17.2 Å². The van der Waals surface area contributed by atoms with Gasteiger partial charge in [0.25, 0.3) is 0 Å². The summed E-state index contributed by atoms with van der Waals surface area (Å²) in [6.07, 6.45) is 0.848. The van der Waals surface area contributed by atoms with E-state index in [4.69, 9.17) is 4.74 Å². The van der Waals surface area contributed by atoms with Gasteiger partial charge in [0.05, 0.1) is 5.52 Å². The highest BCUT2D eigenvalue weighted by molar-refractivity contribution is 5.96. The maximum Gasteiger partial charge on any atom is 0.170 e. The second-order valence-electron chi connectivity index (χ2n) is 4.68. The van der Waals surface area contributed by atoms with Crippen molar-refractivity contribution in [3.8, 4) is 5.75 Å². The predicted molar refractivity (Wildman–Crippen MR) is 79.1 cm³/mol. The zero-order valence-corrected chi connectivity index (χ0v) is 11.2. The molecule has 2 aromatic carbocycles. The molecule has 0 atom stereocenters. The lowest BCUT2D eigenvalue weighted by molar-refractivity contribution is 0.111. The van der Waals surface area contributed by atoms with E-state index in [9.17, 15) is 4.79 Å². The molecular weight excluding hydrogens is 250 g/mol. The van der Waals surface area contributed by atoms with Gasteiger partial charge in [-0.15, -0.1) is 0 Å². The fraction of sp³-hybridized carbons (Fsp3) is 0.118. The molecule has 1 aromatic heterocycles. The first-order valence-corrected chi connectivity index (χ1v) is 6.50. The summed E-state index contributed by atoms with van der Waals surface area (Å²) < 4.78 is 7.76. The highest BCUT2D eigenvalue weighted by Crippen LogP contribution is 2.31. The van der Waals surface area contributed by atoms with Gasteiger partial charge in [0.15, 0.2) is 12.0 Å². The summed E-state index contributed by atoms with van der Waals surface area (Å²) in [5.74, 6) is 0.655. The maximum absolute atomic E-state index is 11.3. The Labute approximate surface area is 117 Å². The van der Waals surface area contributed by atoms with Crippen LogP contribution in [0.2, 0.25) is 0 Å². The Bertz CT molecular complexity index is 744.